The maximum Gasteiger partial charge on any atom is 0.191 e. The molecule has 0 saturated carbocycles. The van der Waals surface area contributed by atoms with Gasteiger partial charge in [-0.05, 0) is 64.0 Å². The van der Waals surface area contributed by atoms with E-state index in [1.54, 1.807) is 0 Å². The normalized spacial score (nSPS) is 25.9. The molecule has 0 amide bonds. The fourth-order valence-corrected chi connectivity index (χ4v) is 4.59. The molecule has 2 atom stereocenters. The molecule has 6 heteroatoms. The summed E-state index contributed by atoms with van der Waals surface area (Å²) in [4.78, 5) is 10.1. The van der Waals surface area contributed by atoms with Crippen molar-refractivity contribution in [2.75, 3.05) is 52.4 Å². The second-order valence-corrected chi connectivity index (χ2v) is 8.58. The van der Waals surface area contributed by atoms with Crippen molar-refractivity contribution in [2.45, 2.75) is 65.8 Å². The Morgan fingerprint density at radius 2 is 1.67 bits per heavy atom. The van der Waals surface area contributed by atoms with Crippen molar-refractivity contribution < 1.29 is 0 Å². The Balaban J connectivity index is 0.00000364. The lowest BCUT2D eigenvalue weighted by atomic mass is 9.92. The molecule has 0 bridgehead atoms. The van der Waals surface area contributed by atoms with E-state index >= 15 is 0 Å². The van der Waals surface area contributed by atoms with Crippen LogP contribution >= 0.6 is 24.0 Å². The highest BCUT2D eigenvalue weighted by Gasteiger charge is 2.21. The van der Waals surface area contributed by atoms with Crippen molar-refractivity contribution in [1.82, 2.24) is 20.4 Å². The second-order valence-electron chi connectivity index (χ2n) is 8.58. The highest BCUT2D eigenvalue weighted by molar-refractivity contribution is 14.0. The Kier molecular flexibility index (Phi) is 12.9. The predicted molar refractivity (Wildman–Crippen MR) is 128 cm³/mol. The molecule has 2 unspecified atom stereocenters. The summed E-state index contributed by atoms with van der Waals surface area (Å²) in [6.45, 7) is 18.5. The molecule has 2 heterocycles. The number of piperidine rings is 2. The quantitative estimate of drug-likeness (QED) is 0.236. The molecule has 2 saturated heterocycles. The van der Waals surface area contributed by atoms with Crippen molar-refractivity contribution in [3.05, 3.63) is 0 Å². The molecule has 0 radical (unpaired) electrons. The molecule has 0 aromatic heterocycles. The molecule has 5 nitrogen and oxygen atoms in total. The number of hydrogen-bond donors (Lipinski definition) is 2. The molecule has 0 aliphatic carbocycles. The molecule has 0 spiro atoms. The Morgan fingerprint density at radius 3 is 2.26 bits per heavy atom. The Bertz CT molecular complexity index is 399. The van der Waals surface area contributed by atoms with Gasteiger partial charge in [-0.3, -0.25) is 4.99 Å². The number of aliphatic imine (C=N–C) groups is 1. The summed E-state index contributed by atoms with van der Waals surface area (Å²) in [6, 6.07) is 0.574. The van der Waals surface area contributed by atoms with Crippen LogP contribution in [0.25, 0.3) is 0 Å². The van der Waals surface area contributed by atoms with Crippen molar-refractivity contribution in [3.63, 3.8) is 0 Å². The van der Waals surface area contributed by atoms with Crippen molar-refractivity contribution in [3.8, 4) is 0 Å². The van der Waals surface area contributed by atoms with E-state index in [1.165, 1.54) is 65.0 Å². The summed E-state index contributed by atoms with van der Waals surface area (Å²) in [5, 5.41) is 7.10. The molecule has 2 rings (SSSR count). The van der Waals surface area contributed by atoms with Crippen LogP contribution in [-0.2, 0) is 0 Å². The minimum Gasteiger partial charge on any atom is -0.357 e. The SMILES string of the molecule is CCCN1CCC(NC(=NCCCN2CC(C)CC(C)C2)NCC)CC1.I. The van der Waals surface area contributed by atoms with Crippen LogP contribution in [0.3, 0.4) is 0 Å². The molecule has 2 N–H and O–H groups in total. The zero-order chi connectivity index (χ0) is 18.8. The van der Waals surface area contributed by atoms with Gasteiger partial charge in [-0.2, -0.15) is 0 Å². The van der Waals surface area contributed by atoms with Crippen LogP contribution < -0.4 is 10.6 Å². The van der Waals surface area contributed by atoms with Gasteiger partial charge in [0.15, 0.2) is 5.96 Å². The molecule has 2 aliphatic heterocycles. The first-order valence-corrected chi connectivity index (χ1v) is 11.1. The number of halogens is 1. The highest BCUT2D eigenvalue weighted by atomic mass is 127. The Labute approximate surface area is 185 Å². The smallest absolute Gasteiger partial charge is 0.191 e. The molecule has 0 aromatic rings. The average molecular weight is 494 g/mol. The third kappa shape index (κ3) is 9.79. The van der Waals surface area contributed by atoms with Gasteiger partial charge in [0.2, 0.25) is 0 Å². The van der Waals surface area contributed by atoms with Gasteiger partial charge >= 0.3 is 0 Å². The lowest BCUT2D eigenvalue weighted by Crippen LogP contribution is -2.48. The highest BCUT2D eigenvalue weighted by Crippen LogP contribution is 2.20. The summed E-state index contributed by atoms with van der Waals surface area (Å²) < 4.78 is 0. The van der Waals surface area contributed by atoms with E-state index in [0.717, 1.165) is 37.3 Å². The van der Waals surface area contributed by atoms with Crippen LogP contribution in [0.5, 0.6) is 0 Å². The summed E-state index contributed by atoms with van der Waals surface area (Å²) in [5.74, 6) is 2.71. The molecule has 27 heavy (non-hydrogen) atoms. The number of nitrogens with one attached hydrogen (secondary N) is 2. The largest absolute Gasteiger partial charge is 0.357 e. The monoisotopic (exact) mass is 493 g/mol. The zero-order valence-electron chi connectivity index (χ0n) is 18.2. The summed E-state index contributed by atoms with van der Waals surface area (Å²) in [7, 11) is 0. The van der Waals surface area contributed by atoms with Crippen LogP contribution in [0.15, 0.2) is 4.99 Å². The van der Waals surface area contributed by atoms with E-state index in [0.29, 0.717) is 6.04 Å². The van der Waals surface area contributed by atoms with Crippen molar-refractivity contribution in [1.29, 1.82) is 0 Å². The topological polar surface area (TPSA) is 42.9 Å². The summed E-state index contributed by atoms with van der Waals surface area (Å²) in [6.07, 6.45) is 6.27. The van der Waals surface area contributed by atoms with Gasteiger partial charge in [0.05, 0.1) is 0 Å². The number of hydrogen-bond acceptors (Lipinski definition) is 3. The molecule has 0 aromatic carbocycles. The summed E-state index contributed by atoms with van der Waals surface area (Å²) in [5.41, 5.74) is 0. The van der Waals surface area contributed by atoms with E-state index in [1.807, 2.05) is 0 Å². The Morgan fingerprint density at radius 1 is 1.00 bits per heavy atom. The van der Waals surface area contributed by atoms with Gasteiger partial charge in [-0.1, -0.05) is 20.8 Å². The Hall–Kier alpha value is -0.0800. The molecular weight excluding hydrogens is 449 g/mol. The number of likely N-dealkylation sites (tertiary alicyclic amines) is 2. The lowest BCUT2D eigenvalue weighted by Gasteiger charge is -2.34. The second kappa shape index (κ2) is 14.0. The van der Waals surface area contributed by atoms with E-state index in [4.69, 9.17) is 4.99 Å². The van der Waals surface area contributed by atoms with E-state index < -0.39 is 0 Å². The predicted octanol–water partition coefficient (Wildman–Crippen LogP) is 3.40. The van der Waals surface area contributed by atoms with Crippen LogP contribution in [-0.4, -0.2) is 74.2 Å². The van der Waals surface area contributed by atoms with Gasteiger partial charge in [-0.15, -0.1) is 24.0 Å². The van der Waals surface area contributed by atoms with Crippen molar-refractivity contribution in [2.24, 2.45) is 16.8 Å². The maximum atomic E-state index is 4.84. The molecular formula is C21H44IN5. The fraction of sp³-hybridized carbons (Fsp3) is 0.952. The lowest BCUT2D eigenvalue weighted by molar-refractivity contribution is 0.140. The summed E-state index contributed by atoms with van der Waals surface area (Å²) >= 11 is 0. The van der Waals surface area contributed by atoms with Gasteiger partial charge in [0, 0.05) is 45.3 Å². The van der Waals surface area contributed by atoms with Gasteiger partial charge in [-0.25, -0.2) is 0 Å². The van der Waals surface area contributed by atoms with Crippen LogP contribution in [0.1, 0.15) is 59.8 Å². The maximum absolute atomic E-state index is 4.84. The number of nitrogens with zero attached hydrogens (tertiary/aromatic N) is 3. The van der Waals surface area contributed by atoms with Crippen molar-refractivity contribution >= 4 is 29.9 Å². The zero-order valence-corrected chi connectivity index (χ0v) is 20.5. The van der Waals surface area contributed by atoms with Gasteiger partial charge in [0.1, 0.15) is 0 Å². The average Bonchev–Trinajstić information content (AvgIpc) is 2.60. The van der Waals surface area contributed by atoms with Crippen LogP contribution in [0, 0.1) is 11.8 Å². The van der Waals surface area contributed by atoms with Crippen LogP contribution in [0.4, 0.5) is 0 Å². The van der Waals surface area contributed by atoms with E-state index in [2.05, 4.69) is 48.1 Å². The first-order chi connectivity index (χ1) is 12.6. The third-order valence-corrected chi connectivity index (χ3v) is 5.66. The first kappa shape index (κ1) is 25.0. The standard InChI is InChI=1S/C21H43N5.HI/c1-5-11-25-13-8-20(9-14-25)24-21(22-6-2)23-10-7-12-26-16-18(3)15-19(4)17-26;/h18-20H,5-17H2,1-4H3,(H2,22,23,24);1H. The minimum atomic E-state index is 0. The third-order valence-electron chi connectivity index (χ3n) is 5.66. The number of guanidine groups is 1. The fourth-order valence-electron chi connectivity index (χ4n) is 4.59. The van der Waals surface area contributed by atoms with E-state index in [-0.39, 0.29) is 24.0 Å². The molecule has 2 fully saturated rings. The van der Waals surface area contributed by atoms with Gasteiger partial charge < -0.3 is 20.4 Å². The van der Waals surface area contributed by atoms with E-state index in [9.17, 15) is 0 Å². The molecule has 160 valence electrons. The first-order valence-electron chi connectivity index (χ1n) is 11.1. The van der Waals surface area contributed by atoms with Gasteiger partial charge in [0.25, 0.3) is 0 Å². The van der Waals surface area contributed by atoms with Crippen LogP contribution in [0.2, 0.25) is 0 Å². The number of rotatable bonds is 8. The molecule has 2 aliphatic rings. The minimum absolute atomic E-state index is 0.